The van der Waals surface area contributed by atoms with Crippen molar-refractivity contribution in [2.24, 2.45) is 0 Å². The molecule has 5 rings (SSSR count). The van der Waals surface area contributed by atoms with E-state index in [4.69, 9.17) is 15.9 Å². The fraction of sp³-hybridized carbons (Fsp3) is 0.323. The summed E-state index contributed by atoms with van der Waals surface area (Å²) in [7, 11) is 0. The van der Waals surface area contributed by atoms with Gasteiger partial charge in [-0.05, 0) is 56.4 Å². The number of aromatic nitrogens is 2. The Labute approximate surface area is 251 Å². The van der Waals surface area contributed by atoms with Gasteiger partial charge < -0.3 is 26.4 Å². The number of rotatable bonds is 4. The van der Waals surface area contributed by atoms with E-state index in [-0.39, 0.29) is 47.5 Å². The van der Waals surface area contributed by atoms with Gasteiger partial charge in [0.15, 0.2) is 0 Å². The largest absolute Gasteiger partial charge is 0.416 e. The molecule has 44 heavy (non-hydrogen) atoms. The molecule has 3 heterocycles. The Kier molecular flexibility index (Phi) is 9.23. The fourth-order valence-electron chi connectivity index (χ4n) is 5.32. The molecule has 1 aliphatic carbocycles. The molecule has 3 aromatic rings. The summed E-state index contributed by atoms with van der Waals surface area (Å²) in [5, 5.41) is 18.1. The number of benzene rings is 1. The number of alkyl halides is 3. The van der Waals surface area contributed by atoms with Crippen LogP contribution in [0.15, 0.2) is 54.9 Å². The first kappa shape index (κ1) is 30.7. The average molecular weight is 608 g/mol. The fourth-order valence-corrected chi connectivity index (χ4v) is 5.32. The number of carbonyl (C=O) groups excluding carboxylic acids is 2. The number of nitrogens with two attached hydrogens (primary N) is 1. The van der Waals surface area contributed by atoms with E-state index in [9.17, 15) is 22.8 Å². The first-order chi connectivity index (χ1) is 21.1. The van der Waals surface area contributed by atoms with Gasteiger partial charge in [-0.3, -0.25) is 15.0 Å². The van der Waals surface area contributed by atoms with Crippen molar-refractivity contribution in [2.45, 2.75) is 50.4 Å². The van der Waals surface area contributed by atoms with Gasteiger partial charge in [0.1, 0.15) is 18.2 Å². The van der Waals surface area contributed by atoms with Gasteiger partial charge in [-0.15, -0.1) is 0 Å². The molecule has 13 heteroatoms. The summed E-state index contributed by atoms with van der Waals surface area (Å²) in [5.74, 6) is -0.877. The molecule has 6 N–H and O–H groups in total. The van der Waals surface area contributed by atoms with E-state index < -0.39 is 17.6 Å². The Morgan fingerprint density at radius 1 is 1.07 bits per heavy atom. The van der Waals surface area contributed by atoms with Gasteiger partial charge >= 0.3 is 6.18 Å². The SMILES string of the molecule is N=C(c1ccc(C(=O)Nc2cc(C(F)(F)F)ccn2)cc1)c1c(N)ncc2c1N[C@@H]1CCC[C@H](C1)NC(=O)COCC/C=C/2. The molecule has 2 amide bonds. The summed E-state index contributed by atoms with van der Waals surface area (Å²) in [6.07, 6.45) is 5.73. The van der Waals surface area contributed by atoms with E-state index in [2.05, 4.69) is 25.9 Å². The van der Waals surface area contributed by atoms with E-state index in [1.165, 1.54) is 12.1 Å². The molecule has 230 valence electrons. The number of nitrogens with zero attached hydrogens (tertiary/aromatic N) is 2. The van der Waals surface area contributed by atoms with Crippen LogP contribution in [0, 0.1) is 5.41 Å². The third kappa shape index (κ3) is 7.40. The maximum Gasteiger partial charge on any atom is 0.416 e. The topological polar surface area (TPSA) is 155 Å². The molecule has 1 aliphatic heterocycles. The monoisotopic (exact) mass is 607 g/mol. The normalized spacial score (nSPS) is 19.8. The molecule has 2 aliphatic rings. The summed E-state index contributed by atoms with van der Waals surface area (Å²) in [5.41, 5.74) is 7.90. The van der Waals surface area contributed by atoms with Gasteiger partial charge in [0.05, 0.1) is 29.1 Å². The molecule has 2 aromatic heterocycles. The van der Waals surface area contributed by atoms with Crippen molar-refractivity contribution in [2.75, 3.05) is 29.6 Å². The number of amides is 2. The summed E-state index contributed by atoms with van der Waals surface area (Å²) >= 11 is 0. The van der Waals surface area contributed by atoms with Crippen LogP contribution in [0.5, 0.6) is 0 Å². The van der Waals surface area contributed by atoms with Crippen molar-refractivity contribution in [3.8, 4) is 0 Å². The maximum atomic E-state index is 13.0. The number of nitrogen functional groups attached to an aromatic ring is 1. The number of ether oxygens (including phenoxy) is 1. The molecular weight excluding hydrogens is 575 g/mol. The van der Waals surface area contributed by atoms with Crippen molar-refractivity contribution < 1.29 is 27.5 Å². The molecule has 2 bridgehead atoms. The quantitative estimate of drug-likeness (QED) is 0.261. The lowest BCUT2D eigenvalue weighted by Crippen LogP contribution is -2.43. The lowest BCUT2D eigenvalue weighted by molar-refractivity contribution is -0.137. The number of hydrogen-bond donors (Lipinski definition) is 5. The predicted molar refractivity (Wildman–Crippen MR) is 160 cm³/mol. The summed E-state index contributed by atoms with van der Waals surface area (Å²) in [6, 6.07) is 7.66. The molecule has 0 unspecified atom stereocenters. The van der Waals surface area contributed by atoms with Gasteiger partial charge in [-0.1, -0.05) is 24.3 Å². The van der Waals surface area contributed by atoms with Crippen LogP contribution >= 0.6 is 0 Å². The number of pyridine rings is 2. The maximum absolute atomic E-state index is 13.0. The van der Waals surface area contributed by atoms with Gasteiger partial charge in [-0.2, -0.15) is 13.2 Å². The lowest BCUT2D eigenvalue weighted by atomic mass is 9.89. The van der Waals surface area contributed by atoms with E-state index in [0.717, 1.165) is 43.2 Å². The Bertz CT molecular complexity index is 1570. The van der Waals surface area contributed by atoms with Crippen LogP contribution in [-0.2, 0) is 15.7 Å². The van der Waals surface area contributed by atoms with E-state index >= 15 is 0 Å². The number of anilines is 3. The number of fused-ring (bicyclic) bond motifs is 3. The van der Waals surface area contributed by atoms with Crippen LogP contribution in [0.25, 0.3) is 6.08 Å². The first-order valence-electron chi connectivity index (χ1n) is 14.2. The van der Waals surface area contributed by atoms with Gasteiger partial charge in [0.25, 0.3) is 5.91 Å². The average Bonchev–Trinajstić information content (AvgIpc) is 2.99. The number of halogens is 3. The Balaban J connectivity index is 1.40. The van der Waals surface area contributed by atoms with E-state index in [1.807, 2.05) is 12.2 Å². The standard InChI is InChI=1S/C31H32F3N7O3/c32-31(33,34)21-11-12-37-24(14-21)41-30(43)19-9-7-18(8-10-19)27(35)26-28-20(16-38-29(26)36)4-1-2-13-44-17-25(42)39-22-5-3-6-23(15-22)40-28/h1,4,7-12,14,16,22-23,35,40H,2-3,5-6,13,15,17H2,(H2,36,38)(H,39,42)(H,37,41,43)/b4-1+,35-27?/t22-,23-/m1/s1. The minimum atomic E-state index is -4.57. The van der Waals surface area contributed by atoms with Gasteiger partial charge in [-0.25, -0.2) is 9.97 Å². The van der Waals surface area contributed by atoms with Gasteiger partial charge in [0, 0.05) is 41.2 Å². The Morgan fingerprint density at radius 2 is 1.80 bits per heavy atom. The highest BCUT2D eigenvalue weighted by molar-refractivity contribution is 6.17. The molecule has 1 aromatic carbocycles. The second kappa shape index (κ2) is 13.2. The highest BCUT2D eigenvalue weighted by Crippen LogP contribution is 2.33. The molecule has 1 fully saturated rings. The third-order valence-electron chi connectivity index (χ3n) is 7.50. The van der Waals surface area contributed by atoms with E-state index in [0.29, 0.717) is 36.3 Å². The van der Waals surface area contributed by atoms with E-state index in [1.54, 1.807) is 18.3 Å². The molecule has 10 nitrogen and oxygen atoms in total. The Morgan fingerprint density at radius 3 is 2.55 bits per heavy atom. The van der Waals surface area contributed by atoms with Crippen LogP contribution in [0.3, 0.4) is 0 Å². The highest BCUT2D eigenvalue weighted by Gasteiger charge is 2.31. The second-order valence-electron chi connectivity index (χ2n) is 10.7. The first-order valence-corrected chi connectivity index (χ1v) is 14.2. The lowest BCUT2D eigenvalue weighted by Gasteiger charge is -2.32. The van der Waals surface area contributed by atoms with Crippen molar-refractivity contribution in [1.82, 2.24) is 15.3 Å². The molecular formula is C31H32F3N7O3. The molecule has 0 spiro atoms. The smallest absolute Gasteiger partial charge is 0.383 e. The highest BCUT2D eigenvalue weighted by atomic mass is 19.4. The van der Waals surface area contributed by atoms with Crippen LogP contribution in [-0.4, -0.2) is 52.8 Å². The summed E-state index contributed by atoms with van der Waals surface area (Å²) in [4.78, 5) is 33.2. The third-order valence-corrected chi connectivity index (χ3v) is 7.50. The zero-order valence-electron chi connectivity index (χ0n) is 23.7. The zero-order valence-corrected chi connectivity index (χ0v) is 23.7. The zero-order chi connectivity index (χ0) is 31.3. The van der Waals surface area contributed by atoms with Crippen LogP contribution in [0.4, 0.5) is 30.5 Å². The summed E-state index contributed by atoms with van der Waals surface area (Å²) in [6.45, 7) is 0.385. The molecule has 0 radical (unpaired) electrons. The van der Waals surface area contributed by atoms with Crippen LogP contribution in [0.2, 0.25) is 0 Å². The van der Waals surface area contributed by atoms with Crippen molar-refractivity contribution >= 4 is 40.9 Å². The predicted octanol–water partition coefficient (Wildman–Crippen LogP) is 5.02. The Hall–Kier alpha value is -4.78. The minimum absolute atomic E-state index is 0.00815. The second-order valence-corrected chi connectivity index (χ2v) is 10.7. The number of carbonyl (C=O) groups is 2. The number of hydrogen-bond acceptors (Lipinski definition) is 8. The summed E-state index contributed by atoms with van der Waals surface area (Å²) < 4.78 is 44.6. The van der Waals surface area contributed by atoms with Crippen LogP contribution < -0.4 is 21.7 Å². The van der Waals surface area contributed by atoms with Gasteiger partial charge in [0.2, 0.25) is 5.91 Å². The number of nitrogens with one attached hydrogen (secondary N) is 4. The van der Waals surface area contributed by atoms with Crippen molar-refractivity contribution in [3.05, 3.63) is 82.7 Å². The van der Waals surface area contributed by atoms with Crippen molar-refractivity contribution in [3.63, 3.8) is 0 Å². The van der Waals surface area contributed by atoms with Crippen molar-refractivity contribution in [1.29, 1.82) is 5.41 Å². The van der Waals surface area contributed by atoms with Crippen LogP contribution in [0.1, 0.15) is 64.7 Å². The molecule has 0 saturated heterocycles. The molecule has 1 saturated carbocycles. The molecule has 2 atom stereocenters. The minimum Gasteiger partial charge on any atom is -0.383 e.